The molecule has 0 spiro atoms. The minimum atomic E-state index is -0.437. The van der Waals surface area contributed by atoms with Crippen LogP contribution in [-0.4, -0.2) is 33.3 Å². The minimum Gasteiger partial charge on any atom is -0.399 e. The molecule has 6 rings (SSSR count). The van der Waals surface area contributed by atoms with Crippen LogP contribution in [0.2, 0.25) is 0 Å². The lowest BCUT2D eigenvalue weighted by molar-refractivity contribution is 0.00578. The molecule has 0 bridgehead atoms. The van der Waals surface area contributed by atoms with Gasteiger partial charge in [-0.1, -0.05) is 78.9 Å². The Hall–Kier alpha value is -3.87. The molecule has 1 saturated heterocycles. The average Bonchev–Trinajstić information content (AvgIpc) is 3.15. The molecule has 0 N–H and O–H groups in total. The molecule has 1 fully saturated rings. The van der Waals surface area contributed by atoms with Gasteiger partial charge in [-0.05, 0) is 51.4 Å². The smallest absolute Gasteiger partial charge is 0.399 e. The molecule has 1 aliphatic heterocycles. The van der Waals surface area contributed by atoms with Crippen molar-refractivity contribution in [1.29, 1.82) is 0 Å². The lowest BCUT2D eigenvalue weighted by Gasteiger charge is -2.32. The topological polar surface area (TPSA) is 57.1 Å². The highest BCUT2D eigenvalue weighted by Gasteiger charge is 2.51. The second kappa shape index (κ2) is 8.91. The summed E-state index contributed by atoms with van der Waals surface area (Å²) in [6.07, 6.45) is 0. The van der Waals surface area contributed by atoms with Gasteiger partial charge in [-0.3, -0.25) is 0 Å². The Morgan fingerprint density at radius 2 is 1.16 bits per heavy atom. The van der Waals surface area contributed by atoms with Gasteiger partial charge in [-0.2, -0.15) is 0 Å². The molecule has 3 heterocycles. The van der Waals surface area contributed by atoms with Crippen LogP contribution >= 0.6 is 0 Å². The number of nitrogens with zero attached hydrogens (tertiary/aromatic N) is 3. The number of hydrogen-bond donors (Lipinski definition) is 0. The van der Waals surface area contributed by atoms with Crippen LogP contribution in [0, 0.1) is 0 Å². The van der Waals surface area contributed by atoms with E-state index >= 15 is 0 Å². The Balaban J connectivity index is 1.44. The predicted molar refractivity (Wildman–Crippen MR) is 149 cm³/mol. The molecule has 0 atom stereocenters. The van der Waals surface area contributed by atoms with E-state index in [1.165, 1.54) is 0 Å². The molecule has 0 unspecified atom stereocenters. The summed E-state index contributed by atoms with van der Waals surface area (Å²) in [5, 5.41) is 1.05. The second-order valence-corrected chi connectivity index (χ2v) is 10.4. The van der Waals surface area contributed by atoms with E-state index in [2.05, 4.69) is 64.1 Å². The molecular weight excluding hydrogens is 457 g/mol. The van der Waals surface area contributed by atoms with E-state index in [0.29, 0.717) is 5.82 Å². The van der Waals surface area contributed by atoms with Crippen molar-refractivity contribution in [3.05, 3.63) is 97.1 Å². The Morgan fingerprint density at radius 3 is 1.84 bits per heavy atom. The van der Waals surface area contributed by atoms with Gasteiger partial charge in [0.1, 0.15) is 0 Å². The summed E-state index contributed by atoms with van der Waals surface area (Å²) < 4.78 is 12.5. The molecule has 5 nitrogen and oxygen atoms in total. The first-order valence-corrected chi connectivity index (χ1v) is 12.6. The van der Waals surface area contributed by atoms with Crippen molar-refractivity contribution in [2.45, 2.75) is 38.9 Å². The van der Waals surface area contributed by atoms with Crippen molar-refractivity contribution in [2.24, 2.45) is 0 Å². The standard InChI is InChI=1S/C31H28BN3O2/c1-30(2)31(3,4)37-32(36-30)24-17-15-22-16-18-25(33-26(22)19-24)28-20-27(21-11-7-5-8-12-21)34-29(35-28)23-13-9-6-10-14-23/h5-20H,1-4H3. The lowest BCUT2D eigenvalue weighted by Crippen LogP contribution is -2.41. The van der Waals surface area contributed by atoms with Crippen molar-refractivity contribution >= 4 is 23.5 Å². The predicted octanol–water partition coefficient (Wildman–Crippen LogP) is 6.33. The Kier molecular flexibility index (Phi) is 5.66. The lowest BCUT2D eigenvalue weighted by atomic mass is 9.78. The van der Waals surface area contributed by atoms with Crippen LogP contribution in [0.4, 0.5) is 0 Å². The molecule has 182 valence electrons. The third kappa shape index (κ3) is 4.43. The summed E-state index contributed by atoms with van der Waals surface area (Å²) in [5.41, 5.74) is 5.44. The van der Waals surface area contributed by atoms with Gasteiger partial charge in [0.2, 0.25) is 0 Å². The van der Waals surface area contributed by atoms with Gasteiger partial charge in [0, 0.05) is 16.5 Å². The van der Waals surface area contributed by atoms with Gasteiger partial charge >= 0.3 is 7.12 Å². The van der Waals surface area contributed by atoms with Gasteiger partial charge in [-0.25, -0.2) is 15.0 Å². The zero-order valence-corrected chi connectivity index (χ0v) is 21.5. The fraction of sp³-hybridized carbons (Fsp3) is 0.194. The summed E-state index contributed by atoms with van der Waals surface area (Å²) in [6.45, 7) is 8.25. The van der Waals surface area contributed by atoms with Crippen LogP contribution in [-0.2, 0) is 9.31 Å². The molecule has 3 aromatic carbocycles. The molecule has 0 radical (unpaired) electrons. The fourth-order valence-electron chi connectivity index (χ4n) is 4.45. The van der Waals surface area contributed by atoms with Crippen molar-refractivity contribution in [1.82, 2.24) is 15.0 Å². The second-order valence-electron chi connectivity index (χ2n) is 10.4. The highest BCUT2D eigenvalue weighted by Crippen LogP contribution is 2.36. The van der Waals surface area contributed by atoms with E-state index in [4.69, 9.17) is 24.3 Å². The van der Waals surface area contributed by atoms with Crippen LogP contribution in [0.3, 0.4) is 0 Å². The SMILES string of the molecule is CC1(C)OB(c2ccc3ccc(-c4cc(-c5ccccc5)nc(-c5ccccc5)n4)nc3c2)OC1(C)C. The van der Waals surface area contributed by atoms with E-state index in [1.54, 1.807) is 0 Å². The van der Waals surface area contributed by atoms with E-state index in [1.807, 2.05) is 60.7 Å². The zero-order chi connectivity index (χ0) is 25.6. The van der Waals surface area contributed by atoms with E-state index in [-0.39, 0.29) is 0 Å². The van der Waals surface area contributed by atoms with E-state index in [9.17, 15) is 0 Å². The molecule has 0 aliphatic carbocycles. The Morgan fingerprint density at radius 1 is 0.568 bits per heavy atom. The maximum absolute atomic E-state index is 6.27. The van der Waals surface area contributed by atoms with E-state index in [0.717, 1.165) is 44.6 Å². The van der Waals surface area contributed by atoms with Crippen LogP contribution in [0.1, 0.15) is 27.7 Å². The van der Waals surface area contributed by atoms with E-state index < -0.39 is 18.3 Å². The van der Waals surface area contributed by atoms with Gasteiger partial charge < -0.3 is 9.31 Å². The molecule has 2 aromatic heterocycles. The maximum Gasteiger partial charge on any atom is 0.494 e. The largest absolute Gasteiger partial charge is 0.494 e. The molecule has 5 aromatic rings. The van der Waals surface area contributed by atoms with Crippen molar-refractivity contribution in [3.8, 4) is 34.0 Å². The summed E-state index contributed by atoms with van der Waals surface area (Å²) in [5.74, 6) is 0.671. The Bertz CT molecular complexity index is 1510. The molecule has 6 heteroatoms. The highest BCUT2D eigenvalue weighted by atomic mass is 16.7. The summed E-state index contributed by atoms with van der Waals surface area (Å²) in [4.78, 5) is 14.8. The number of aromatic nitrogens is 3. The number of pyridine rings is 1. The van der Waals surface area contributed by atoms with Gasteiger partial charge in [0.15, 0.2) is 5.82 Å². The number of rotatable bonds is 4. The first kappa shape index (κ1) is 23.5. The van der Waals surface area contributed by atoms with Crippen LogP contribution < -0.4 is 5.46 Å². The molecule has 0 saturated carbocycles. The minimum absolute atomic E-state index is 0.398. The van der Waals surface area contributed by atoms with Crippen molar-refractivity contribution in [2.75, 3.05) is 0 Å². The molecule has 37 heavy (non-hydrogen) atoms. The molecule has 1 aliphatic rings. The van der Waals surface area contributed by atoms with Crippen molar-refractivity contribution in [3.63, 3.8) is 0 Å². The third-order valence-corrected chi connectivity index (χ3v) is 7.33. The summed E-state index contributed by atoms with van der Waals surface area (Å²) in [7, 11) is -0.437. The van der Waals surface area contributed by atoms with Crippen LogP contribution in [0.25, 0.3) is 44.9 Å². The van der Waals surface area contributed by atoms with Crippen LogP contribution in [0.5, 0.6) is 0 Å². The number of hydrogen-bond acceptors (Lipinski definition) is 5. The van der Waals surface area contributed by atoms with Gasteiger partial charge in [0.25, 0.3) is 0 Å². The maximum atomic E-state index is 6.27. The average molecular weight is 485 g/mol. The number of benzene rings is 3. The normalized spacial score (nSPS) is 16.3. The first-order valence-electron chi connectivity index (χ1n) is 12.6. The summed E-state index contributed by atoms with van der Waals surface area (Å²) >= 11 is 0. The monoisotopic (exact) mass is 485 g/mol. The number of fused-ring (bicyclic) bond motifs is 1. The first-order chi connectivity index (χ1) is 17.8. The third-order valence-electron chi connectivity index (χ3n) is 7.33. The zero-order valence-electron chi connectivity index (χ0n) is 21.5. The molecular formula is C31H28BN3O2. The van der Waals surface area contributed by atoms with Crippen LogP contribution in [0.15, 0.2) is 97.1 Å². The quantitative estimate of drug-likeness (QED) is 0.279. The fourth-order valence-corrected chi connectivity index (χ4v) is 4.45. The van der Waals surface area contributed by atoms with Gasteiger partial charge in [-0.15, -0.1) is 0 Å². The molecule has 0 amide bonds. The Labute approximate surface area is 217 Å². The van der Waals surface area contributed by atoms with Crippen molar-refractivity contribution < 1.29 is 9.31 Å². The highest BCUT2D eigenvalue weighted by molar-refractivity contribution is 6.62. The van der Waals surface area contributed by atoms with Gasteiger partial charge in [0.05, 0.1) is 33.8 Å². The summed E-state index contributed by atoms with van der Waals surface area (Å²) in [6, 6.07) is 32.5.